The second-order valence-electron chi connectivity index (χ2n) is 6.91. The molecule has 27 heavy (non-hydrogen) atoms. The highest BCUT2D eigenvalue weighted by atomic mass is 16.5. The summed E-state index contributed by atoms with van der Waals surface area (Å²) in [6, 6.07) is 7.86. The number of fused-ring (bicyclic) bond motifs is 1. The highest BCUT2D eigenvalue weighted by molar-refractivity contribution is 5.76. The van der Waals surface area contributed by atoms with Crippen LogP contribution in [0.1, 0.15) is 17.8 Å². The molecular formula is C20H24N4O3. The van der Waals surface area contributed by atoms with E-state index in [-0.39, 0.29) is 6.10 Å². The Kier molecular flexibility index (Phi) is 4.39. The van der Waals surface area contributed by atoms with E-state index in [1.54, 1.807) is 14.2 Å². The maximum atomic E-state index is 9.94. The van der Waals surface area contributed by atoms with E-state index in [1.807, 2.05) is 42.6 Å². The predicted octanol–water partition coefficient (Wildman–Crippen LogP) is 2.60. The van der Waals surface area contributed by atoms with E-state index in [9.17, 15) is 5.11 Å². The van der Waals surface area contributed by atoms with Crippen molar-refractivity contribution in [1.29, 1.82) is 0 Å². The standard InChI is InChI=1S/C20H24N4O3/c1-12-9-16(23-8-7-15(25)11-23)20-21-13(2)19(24(20)22-12)14-5-6-17(26-3)18(10-14)27-4/h5-6,9-10,15,25H,7-8,11H2,1-4H3/t15-/m1/s1. The van der Waals surface area contributed by atoms with Crippen molar-refractivity contribution in [3.05, 3.63) is 35.7 Å². The van der Waals surface area contributed by atoms with Gasteiger partial charge in [-0.15, -0.1) is 0 Å². The number of aliphatic hydroxyl groups is 1. The lowest BCUT2D eigenvalue weighted by Crippen LogP contribution is -2.22. The number of ether oxygens (including phenoxy) is 2. The van der Waals surface area contributed by atoms with Crippen LogP contribution in [0.2, 0.25) is 0 Å². The first kappa shape index (κ1) is 17.6. The number of aliphatic hydroxyl groups excluding tert-OH is 1. The quantitative estimate of drug-likeness (QED) is 0.763. The first-order valence-electron chi connectivity index (χ1n) is 9.04. The Hall–Kier alpha value is -2.80. The molecule has 2 aromatic heterocycles. The lowest BCUT2D eigenvalue weighted by molar-refractivity contribution is 0.198. The molecule has 0 amide bonds. The summed E-state index contributed by atoms with van der Waals surface area (Å²) in [6.07, 6.45) is 0.482. The van der Waals surface area contributed by atoms with Crippen LogP contribution in [0.5, 0.6) is 11.5 Å². The van der Waals surface area contributed by atoms with Gasteiger partial charge in [0.25, 0.3) is 0 Å². The van der Waals surface area contributed by atoms with E-state index in [0.29, 0.717) is 18.0 Å². The second-order valence-corrected chi connectivity index (χ2v) is 6.91. The topological polar surface area (TPSA) is 72.1 Å². The normalized spacial score (nSPS) is 16.9. The lowest BCUT2D eigenvalue weighted by atomic mass is 10.1. The number of anilines is 1. The fraction of sp³-hybridized carbons (Fsp3) is 0.400. The maximum Gasteiger partial charge on any atom is 0.178 e. The van der Waals surface area contributed by atoms with Crippen molar-refractivity contribution in [2.75, 3.05) is 32.2 Å². The van der Waals surface area contributed by atoms with Gasteiger partial charge in [-0.1, -0.05) is 0 Å². The van der Waals surface area contributed by atoms with Gasteiger partial charge in [0.15, 0.2) is 17.1 Å². The largest absolute Gasteiger partial charge is 0.493 e. The number of aromatic nitrogens is 3. The summed E-state index contributed by atoms with van der Waals surface area (Å²) in [4.78, 5) is 6.98. The Bertz CT molecular complexity index is 999. The number of nitrogens with zero attached hydrogens (tertiary/aromatic N) is 4. The van der Waals surface area contributed by atoms with Crippen LogP contribution in [-0.4, -0.2) is 53.1 Å². The van der Waals surface area contributed by atoms with Gasteiger partial charge >= 0.3 is 0 Å². The van der Waals surface area contributed by atoms with E-state index in [1.165, 1.54) is 0 Å². The number of imidazole rings is 1. The van der Waals surface area contributed by atoms with Crippen LogP contribution in [0.25, 0.3) is 16.9 Å². The van der Waals surface area contributed by atoms with Gasteiger partial charge in [-0.25, -0.2) is 9.50 Å². The predicted molar refractivity (Wildman–Crippen MR) is 104 cm³/mol. The van der Waals surface area contributed by atoms with Crippen LogP contribution in [0.4, 0.5) is 5.69 Å². The summed E-state index contributed by atoms with van der Waals surface area (Å²) in [5.41, 5.74) is 5.49. The Morgan fingerprint density at radius 2 is 1.89 bits per heavy atom. The van der Waals surface area contributed by atoms with Crippen LogP contribution >= 0.6 is 0 Å². The van der Waals surface area contributed by atoms with Gasteiger partial charge < -0.3 is 19.5 Å². The van der Waals surface area contributed by atoms with Crippen molar-refractivity contribution in [3.63, 3.8) is 0 Å². The van der Waals surface area contributed by atoms with E-state index in [2.05, 4.69) is 4.90 Å². The van der Waals surface area contributed by atoms with Gasteiger partial charge in [0.2, 0.25) is 0 Å². The molecule has 0 spiro atoms. The number of methoxy groups -OCH3 is 2. The summed E-state index contributed by atoms with van der Waals surface area (Å²) < 4.78 is 12.7. The number of β-amino-alcohol motifs (C(OH)–C–C–N with tert-alkyl or cyclic N) is 1. The number of rotatable bonds is 4. The number of hydrogen-bond acceptors (Lipinski definition) is 6. The molecule has 4 rings (SSSR count). The van der Waals surface area contributed by atoms with Crippen molar-refractivity contribution < 1.29 is 14.6 Å². The summed E-state index contributed by atoms with van der Waals surface area (Å²) in [5, 5.41) is 14.7. The third-order valence-corrected chi connectivity index (χ3v) is 5.02. The number of aryl methyl sites for hydroxylation is 2. The molecule has 3 aromatic rings. The van der Waals surface area contributed by atoms with Crippen LogP contribution in [0.15, 0.2) is 24.3 Å². The van der Waals surface area contributed by atoms with E-state index in [0.717, 1.165) is 46.9 Å². The highest BCUT2D eigenvalue weighted by Crippen LogP contribution is 2.35. The molecule has 1 aliphatic rings. The van der Waals surface area contributed by atoms with Gasteiger partial charge in [0.1, 0.15) is 0 Å². The third-order valence-electron chi connectivity index (χ3n) is 5.02. The van der Waals surface area contributed by atoms with Crippen LogP contribution in [-0.2, 0) is 0 Å². The molecule has 1 fully saturated rings. The van der Waals surface area contributed by atoms with Crippen molar-refractivity contribution in [3.8, 4) is 22.8 Å². The second kappa shape index (κ2) is 6.74. The molecule has 1 atom stereocenters. The zero-order valence-corrected chi connectivity index (χ0v) is 16.1. The van der Waals surface area contributed by atoms with Crippen molar-refractivity contribution in [1.82, 2.24) is 14.6 Å². The molecule has 0 unspecified atom stereocenters. The van der Waals surface area contributed by atoms with E-state index < -0.39 is 0 Å². The Morgan fingerprint density at radius 3 is 2.56 bits per heavy atom. The minimum absolute atomic E-state index is 0.292. The lowest BCUT2D eigenvalue weighted by Gasteiger charge is -2.19. The van der Waals surface area contributed by atoms with Gasteiger partial charge in [-0.2, -0.15) is 5.10 Å². The molecule has 7 nitrogen and oxygen atoms in total. The SMILES string of the molecule is COc1ccc(-c2c(C)nc3c(N4CC[C@@H](O)C4)cc(C)nn23)cc1OC. The van der Waals surface area contributed by atoms with Crippen LogP contribution in [0, 0.1) is 13.8 Å². The average Bonchev–Trinajstić information content (AvgIpc) is 3.23. The van der Waals surface area contributed by atoms with Crippen molar-refractivity contribution in [2.24, 2.45) is 0 Å². The molecule has 1 aliphatic heterocycles. The maximum absolute atomic E-state index is 9.94. The Morgan fingerprint density at radius 1 is 1.11 bits per heavy atom. The molecule has 142 valence electrons. The average molecular weight is 368 g/mol. The zero-order valence-electron chi connectivity index (χ0n) is 16.1. The third kappa shape index (κ3) is 2.98. The summed E-state index contributed by atoms with van der Waals surface area (Å²) in [5.74, 6) is 1.35. The smallest absolute Gasteiger partial charge is 0.178 e. The highest BCUT2D eigenvalue weighted by Gasteiger charge is 2.25. The minimum atomic E-state index is -0.292. The summed E-state index contributed by atoms with van der Waals surface area (Å²) in [6.45, 7) is 5.40. The van der Waals surface area contributed by atoms with E-state index >= 15 is 0 Å². The first-order valence-corrected chi connectivity index (χ1v) is 9.04. The fourth-order valence-electron chi connectivity index (χ4n) is 3.74. The molecule has 0 aliphatic carbocycles. The summed E-state index contributed by atoms with van der Waals surface area (Å²) in [7, 11) is 3.25. The Labute approximate surface area is 158 Å². The van der Waals surface area contributed by atoms with Gasteiger partial charge in [0.05, 0.1) is 43.1 Å². The number of hydrogen-bond donors (Lipinski definition) is 1. The van der Waals surface area contributed by atoms with Crippen LogP contribution < -0.4 is 14.4 Å². The van der Waals surface area contributed by atoms with Crippen LogP contribution in [0.3, 0.4) is 0 Å². The van der Waals surface area contributed by atoms with E-state index in [4.69, 9.17) is 19.6 Å². The van der Waals surface area contributed by atoms with Gasteiger partial charge in [-0.05, 0) is 44.5 Å². The minimum Gasteiger partial charge on any atom is -0.493 e. The molecule has 1 saturated heterocycles. The first-order chi connectivity index (χ1) is 13.0. The number of benzene rings is 1. The van der Waals surface area contributed by atoms with Gasteiger partial charge in [0, 0.05) is 18.7 Å². The Balaban J connectivity index is 1.90. The van der Waals surface area contributed by atoms with Gasteiger partial charge in [-0.3, -0.25) is 0 Å². The molecule has 0 bridgehead atoms. The monoisotopic (exact) mass is 368 g/mol. The molecule has 0 radical (unpaired) electrons. The molecule has 0 saturated carbocycles. The fourth-order valence-corrected chi connectivity index (χ4v) is 3.74. The van der Waals surface area contributed by atoms with Crippen molar-refractivity contribution in [2.45, 2.75) is 26.4 Å². The van der Waals surface area contributed by atoms with Crippen molar-refractivity contribution >= 4 is 11.3 Å². The molecule has 3 heterocycles. The molecule has 1 N–H and O–H groups in total. The molecule has 7 heteroatoms. The zero-order chi connectivity index (χ0) is 19.1. The molecular weight excluding hydrogens is 344 g/mol. The summed E-state index contributed by atoms with van der Waals surface area (Å²) >= 11 is 0. The molecule has 1 aromatic carbocycles.